The maximum Gasteiger partial charge on any atom is 0.0315 e. The maximum absolute atomic E-state index is 4.16. The first-order valence-corrected chi connectivity index (χ1v) is 6.53. The van der Waals surface area contributed by atoms with Crippen LogP contribution in [-0.2, 0) is 0 Å². The first-order valence-electron chi connectivity index (χ1n) is 6.53. The van der Waals surface area contributed by atoms with Gasteiger partial charge in [0.1, 0.15) is 0 Å². The van der Waals surface area contributed by atoms with Gasteiger partial charge in [0.05, 0.1) is 0 Å². The van der Waals surface area contributed by atoms with Gasteiger partial charge in [-0.3, -0.25) is 9.88 Å². The lowest BCUT2D eigenvalue weighted by Gasteiger charge is -2.26. The van der Waals surface area contributed by atoms with Crippen molar-refractivity contribution in [2.24, 2.45) is 0 Å². The summed E-state index contributed by atoms with van der Waals surface area (Å²) in [6.45, 7) is 5.52. The van der Waals surface area contributed by atoms with E-state index in [1.54, 1.807) is 0 Å². The highest BCUT2D eigenvalue weighted by Gasteiger charge is 2.28. The Morgan fingerprint density at radius 3 is 2.82 bits per heavy atom. The molecular formula is C14H23N3. The van der Waals surface area contributed by atoms with Gasteiger partial charge in [0, 0.05) is 37.1 Å². The molecule has 1 N–H and O–H groups in total. The highest BCUT2D eigenvalue weighted by molar-refractivity contribution is 5.12. The second kappa shape index (κ2) is 5.61. The van der Waals surface area contributed by atoms with Crippen LogP contribution in [0.4, 0.5) is 0 Å². The minimum absolute atomic E-state index is 0.374. The van der Waals surface area contributed by atoms with Crippen LogP contribution in [-0.4, -0.2) is 35.6 Å². The van der Waals surface area contributed by atoms with E-state index >= 15 is 0 Å². The second-order valence-corrected chi connectivity index (χ2v) is 5.16. The van der Waals surface area contributed by atoms with Crippen LogP contribution in [0.5, 0.6) is 0 Å². The van der Waals surface area contributed by atoms with Crippen molar-refractivity contribution < 1.29 is 0 Å². The zero-order valence-corrected chi connectivity index (χ0v) is 11.1. The molecule has 17 heavy (non-hydrogen) atoms. The molecule has 0 amide bonds. The molecule has 94 valence electrons. The summed E-state index contributed by atoms with van der Waals surface area (Å²) < 4.78 is 0. The zero-order chi connectivity index (χ0) is 12.3. The SMILES string of the molecule is CC(NCC(C)N(C)C1CC1)c1cccnc1. The summed E-state index contributed by atoms with van der Waals surface area (Å²) in [6, 6.07) is 5.92. The first kappa shape index (κ1) is 12.5. The average Bonchev–Trinajstić information content (AvgIpc) is 3.20. The largest absolute Gasteiger partial charge is 0.309 e. The van der Waals surface area contributed by atoms with Crippen LogP contribution in [0.1, 0.15) is 38.3 Å². The lowest BCUT2D eigenvalue weighted by atomic mass is 10.1. The average molecular weight is 233 g/mol. The lowest BCUT2D eigenvalue weighted by molar-refractivity contribution is 0.237. The molecule has 1 aliphatic rings. The molecule has 0 aliphatic heterocycles. The smallest absolute Gasteiger partial charge is 0.0315 e. The van der Waals surface area contributed by atoms with Gasteiger partial charge < -0.3 is 5.32 Å². The molecule has 0 radical (unpaired) electrons. The molecule has 3 heteroatoms. The third-order valence-electron chi connectivity index (χ3n) is 3.72. The summed E-state index contributed by atoms with van der Waals surface area (Å²) in [5.41, 5.74) is 1.26. The number of likely N-dealkylation sites (N-methyl/N-ethyl adjacent to an activating group) is 1. The van der Waals surface area contributed by atoms with Crippen LogP contribution >= 0.6 is 0 Å². The molecule has 1 fully saturated rings. The number of aromatic nitrogens is 1. The predicted octanol–water partition coefficient (Wildman–Crippen LogP) is 2.21. The molecule has 1 aromatic heterocycles. The Hall–Kier alpha value is -0.930. The van der Waals surface area contributed by atoms with Crippen molar-refractivity contribution in [1.29, 1.82) is 0 Å². The number of nitrogens with one attached hydrogen (secondary N) is 1. The topological polar surface area (TPSA) is 28.2 Å². The molecule has 1 heterocycles. The van der Waals surface area contributed by atoms with E-state index in [4.69, 9.17) is 0 Å². The van der Waals surface area contributed by atoms with Crippen molar-refractivity contribution in [3.05, 3.63) is 30.1 Å². The number of nitrogens with zero attached hydrogens (tertiary/aromatic N) is 2. The normalized spacial score (nSPS) is 19.3. The Bertz CT molecular complexity index is 335. The van der Waals surface area contributed by atoms with Crippen molar-refractivity contribution in [2.75, 3.05) is 13.6 Å². The van der Waals surface area contributed by atoms with Crippen molar-refractivity contribution in [3.8, 4) is 0 Å². The maximum atomic E-state index is 4.16. The summed E-state index contributed by atoms with van der Waals surface area (Å²) in [5.74, 6) is 0. The van der Waals surface area contributed by atoms with E-state index in [9.17, 15) is 0 Å². The molecule has 0 aromatic carbocycles. The Morgan fingerprint density at radius 2 is 2.24 bits per heavy atom. The van der Waals surface area contributed by atoms with Gasteiger partial charge in [0.15, 0.2) is 0 Å². The van der Waals surface area contributed by atoms with Crippen LogP contribution in [0.3, 0.4) is 0 Å². The van der Waals surface area contributed by atoms with E-state index in [-0.39, 0.29) is 0 Å². The zero-order valence-electron chi connectivity index (χ0n) is 11.1. The van der Waals surface area contributed by atoms with Crippen molar-refractivity contribution in [1.82, 2.24) is 15.2 Å². The highest BCUT2D eigenvalue weighted by Crippen LogP contribution is 2.26. The minimum Gasteiger partial charge on any atom is -0.309 e. The molecule has 0 spiro atoms. The number of hydrogen-bond donors (Lipinski definition) is 1. The number of pyridine rings is 1. The minimum atomic E-state index is 0.374. The molecule has 3 nitrogen and oxygen atoms in total. The van der Waals surface area contributed by atoms with Crippen molar-refractivity contribution in [2.45, 2.75) is 44.8 Å². The summed E-state index contributed by atoms with van der Waals surface area (Å²) in [6.07, 6.45) is 6.50. The molecule has 0 saturated heterocycles. The van der Waals surface area contributed by atoms with E-state index in [0.29, 0.717) is 12.1 Å². The van der Waals surface area contributed by atoms with Crippen LogP contribution < -0.4 is 5.32 Å². The van der Waals surface area contributed by atoms with Gasteiger partial charge in [-0.2, -0.15) is 0 Å². The highest BCUT2D eigenvalue weighted by atomic mass is 15.2. The Morgan fingerprint density at radius 1 is 1.47 bits per heavy atom. The summed E-state index contributed by atoms with van der Waals surface area (Å²) >= 11 is 0. The quantitative estimate of drug-likeness (QED) is 0.816. The molecule has 2 unspecified atom stereocenters. The Kier molecular flexibility index (Phi) is 4.13. The van der Waals surface area contributed by atoms with Gasteiger partial charge in [0.2, 0.25) is 0 Å². The van der Waals surface area contributed by atoms with E-state index in [1.165, 1.54) is 18.4 Å². The summed E-state index contributed by atoms with van der Waals surface area (Å²) in [7, 11) is 2.23. The van der Waals surface area contributed by atoms with Gasteiger partial charge in [-0.1, -0.05) is 6.07 Å². The standard InChI is InChI=1S/C14H23N3/c1-11(17(3)14-6-7-14)9-16-12(2)13-5-4-8-15-10-13/h4-5,8,10-12,14,16H,6-7,9H2,1-3H3. The third-order valence-corrected chi connectivity index (χ3v) is 3.72. The molecule has 1 aliphatic carbocycles. The Labute approximate surface area is 104 Å². The van der Waals surface area contributed by atoms with E-state index in [2.05, 4.69) is 42.2 Å². The van der Waals surface area contributed by atoms with E-state index in [0.717, 1.165) is 12.6 Å². The van der Waals surface area contributed by atoms with Gasteiger partial charge >= 0.3 is 0 Å². The number of rotatable bonds is 6. The van der Waals surface area contributed by atoms with Gasteiger partial charge in [0.25, 0.3) is 0 Å². The fraction of sp³-hybridized carbons (Fsp3) is 0.643. The van der Waals surface area contributed by atoms with Crippen LogP contribution in [0, 0.1) is 0 Å². The van der Waals surface area contributed by atoms with Crippen LogP contribution in [0.2, 0.25) is 0 Å². The molecular weight excluding hydrogens is 210 g/mol. The first-order chi connectivity index (χ1) is 8.18. The van der Waals surface area contributed by atoms with E-state index in [1.807, 2.05) is 18.5 Å². The van der Waals surface area contributed by atoms with Crippen molar-refractivity contribution >= 4 is 0 Å². The third kappa shape index (κ3) is 3.51. The fourth-order valence-electron chi connectivity index (χ4n) is 2.08. The monoisotopic (exact) mass is 233 g/mol. The molecule has 2 atom stereocenters. The second-order valence-electron chi connectivity index (χ2n) is 5.16. The predicted molar refractivity (Wildman–Crippen MR) is 70.9 cm³/mol. The molecule has 2 rings (SSSR count). The number of hydrogen-bond acceptors (Lipinski definition) is 3. The van der Waals surface area contributed by atoms with Gasteiger partial charge in [-0.05, 0) is 45.4 Å². The summed E-state index contributed by atoms with van der Waals surface area (Å²) in [4.78, 5) is 6.64. The molecule has 1 aromatic rings. The molecule has 1 saturated carbocycles. The fourth-order valence-corrected chi connectivity index (χ4v) is 2.08. The van der Waals surface area contributed by atoms with Gasteiger partial charge in [-0.15, -0.1) is 0 Å². The molecule has 0 bridgehead atoms. The van der Waals surface area contributed by atoms with E-state index < -0.39 is 0 Å². The summed E-state index contributed by atoms with van der Waals surface area (Å²) in [5, 5.41) is 3.58. The van der Waals surface area contributed by atoms with Crippen LogP contribution in [0.25, 0.3) is 0 Å². The lowest BCUT2D eigenvalue weighted by Crippen LogP contribution is -2.39. The van der Waals surface area contributed by atoms with Crippen molar-refractivity contribution in [3.63, 3.8) is 0 Å². The van der Waals surface area contributed by atoms with Gasteiger partial charge in [-0.25, -0.2) is 0 Å². The Balaban J connectivity index is 1.77. The van der Waals surface area contributed by atoms with Crippen LogP contribution in [0.15, 0.2) is 24.5 Å².